The second kappa shape index (κ2) is 15.1. The highest BCUT2D eigenvalue weighted by Gasteiger charge is 2.36. The second-order valence-electron chi connectivity index (χ2n) is 12.5. The summed E-state index contributed by atoms with van der Waals surface area (Å²) >= 11 is 19.0. The Balaban J connectivity index is 1.86. The summed E-state index contributed by atoms with van der Waals surface area (Å²) in [6.07, 6.45) is 0.171. The first kappa shape index (κ1) is 36.3. The molecule has 0 bridgehead atoms. The Morgan fingerprint density at radius 1 is 0.830 bits per heavy atom. The van der Waals surface area contributed by atoms with E-state index in [1.54, 1.807) is 55.5 Å². The van der Waals surface area contributed by atoms with Crippen molar-refractivity contribution >= 4 is 62.3 Å². The molecule has 0 aliphatic carbocycles. The molecule has 11 heteroatoms. The SMILES string of the molecule is Cc1ccc(S(=O)(=O)N(CC(=O)N(Cc2ccc(Cl)cc2Cl)C(Cc2ccccc2)C(=O)NC(C)(C)C)c2ccc(Cl)cc2C)cc1. The van der Waals surface area contributed by atoms with Gasteiger partial charge < -0.3 is 10.2 Å². The van der Waals surface area contributed by atoms with Gasteiger partial charge in [0.15, 0.2) is 0 Å². The zero-order valence-corrected chi connectivity index (χ0v) is 30.0. The summed E-state index contributed by atoms with van der Waals surface area (Å²) in [6, 6.07) is 24.4. The smallest absolute Gasteiger partial charge is 0.264 e. The molecule has 248 valence electrons. The quantitative estimate of drug-likeness (QED) is 0.171. The molecule has 0 aliphatic heterocycles. The van der Waals surface area contributed by atoms with Crippen LogP contribution in [0.25, 0.3) is 0 Å². The van der Waals surface area contributed by atoms with E-state index in [4.69, 9.17) is 34.8 Å². The van der Waals surface area contributed by atoms with E-state index < -0.39 is 40.0 Å². The fraction of sp³-hybridized carbons (Fsp3) is 0.278. The number of sulfonamides is 1. The van der Waals surface area contributed by atoms with Gasteiger partial charge in [0.25, 0.3) is 10.0 Å². The lowest BCUT2D eigenvalue weighted by Gasteiger charge is -2.35. The lowest BCUT2D eigenvalue weighted by atomic mass is 10.0. The van der Waals surface area contributed by atoms with Crippen molar-refractivity contribution in [3.05, 3.63) is 128 Å². The molecule has 0 radical (unpaired) electrons. The Morgan fingerprint density at radius 3 is 2.04 bits per heavy atom. The fourth-order valence-corrected chi connectivity index (χ4v) is 7.26. The van der Waals surface area contributed by atoms with Crippen LogP contribution >= 0.6 is 34.8 Å². The van der Waals surface area contributed by atoms with Gasteiger partial charge in [-0.1, -0.05) is 88.9 Å². The van der Waals surface area contributed by atoms with E-state index in [1.165, 1.54) is 17.0 Å². The van der Waals surface area contributed by atoms with Crippen molar-refractivity contribution in [3.63, 3.8) is 0 Å². The normalized spacial score (nSPS) is 12.3. The molecule has 0 aliphatic rings. The topological polar surface area (TPSA) is 86.8 Å². The molecular weight excluding hydrogens is 677 g/mol. The van der Waals surface area contributed by atoms with Crippen LogP contribution in [-0.4, -0.2) is 43.3 Å². The first-order valence-corrected chi connectivity index (χ1v) is 17.6. The largest absolute Gasteiger partial charge is 0.350 e. The van der Waals surface area contributed by atoms with Crippen LogP contribution in [0.1, 0.15) is 43.0 Å². The lowest BCUT2D eigenvalue weighted by Crippen LogP contribution is -2.56. The predicted octanol–water partition coefficient (Wildman–Crippen LogP) is 8.01. The minimum Gasteiger partial charge on any atom is -0.350 e. The number of nitrogens with zero attached hydrogens (tertiary/aromatic N) is 2. The van der Waals surface area contributed by atoms with E-state index in [2.05, 4.69) is 5.32 Å². The van der Waals surface area contributed by atoms with Crippen LogP contribution in [0.3, 0.4) is 0 Å². The summed E-state index contributed by atoms with van der Waals surface area (Å²) in [7, 11) is -4.26. The maximum absolute atomic E-state index is 14.7. The molecule has 0 spiro atoms. The first-order chi connectivity index (χ1) is 22.0. The molecule has 7 nitrogen and oxygen atoms in total. The Morgan fingerprint density at radius 2 is 1.45 bits per heavy atom. The van der Waals surface area contributed by atoms with Gasteiger partial charge in [0, 0.05) is 33.6 Å². The number of carbonyl (C=O) groups is 2. The molecule has 0 saturated heterocycles. The molecule has 0 heterocycles. The van der Waals surface area contributed by atoms with Gasteiger partial charge >= 0.3 is 0 Å². The van der Waals surface area contributed by atoms with Crippen LogP contribution in [0.2, 0.25) is 15.1 Å². The molecule has 2 amide bonds. The van der Waals surface area contributed by atoms with Crippen molar-refractivity contribution in [1.82, 2.24) is 10.2 Å². The number of hydrogen-bond donors (Lipinski definition) is 1. The van der Waals surface area contributed by atoms with Crippen molar-refractivity contribution in [1.29, 1.82) is 0 Å². The van der Waals surface area contributed by atoms with Gasteiger partial charge in [-0.05, 0) is 93.8 Å². The van der Waals surface area contributed by atoms with E-state index in [0.717, 1.165) is 15.4 Å². The van der Waals surface area contributed by atoms with Crippen molar-refractivity contribution in [2.75, 3.05) is 10.8 Å². The van der Waals surface area contributed by atoms with E-state index in [0.29, 0.717) is 26.2 Å². The molecule has 0 fully saturated rings. The van der Waals surface area contributed by atoms with Crippen LogP contribution in [-0.2, 0) is 32.6 Å². The predicted molar refractivity (Wildman–Crippen MR) is 191 cm³/mol. The standard InChI is InChI=1S/C36H38Cl3N3O4S/c1-24-11-16-30(17-12-24)47(45,46)42(32-18-15-28(37)19-25(32)2)23-34(43)41(22-27-13-14-29(38)21-31(27)39)33(35(44)40-36(3,4)5)20-26-9-7-6-8-10-26/h6-19,21,33H,20,22-23H2,1-5H3,(H,40,44). The summed E-state index contributed by atoms with van der Waals surface area (Å²) < 4.78 is 29.6. The van der Waals surface area contributed by atoms with Gasteiger partial charge in [0.2, 0.25) is 11.8 Å². The monoisotopic (exact) mass is 713 g/mol. The van der Waals surface area contributed by atoms with Crippen molar-refractivity contribution in [3.8, 4) is 0 Å². The number of nitrogens with one attached hydrogen (secondary N) is 1. The summed E-state index contributed by atoms with van der Waals surface area (Å²) in [5.74, 6) is -0.999. The molecule has 1 atom stereocenters. The zero-order valence-electron chi connectivity index (χ0n) is 26.9. The Bertz CT molecular complexity index is 1840. The van der Waals surface area contributed by atoms with Crippen LogP contribution in [0.15, 0.2) is 95.9 Å². The minimum absolute atomic E-state index is 0.0175. The first-order valence-electron chi connectivity index (χ1n) is 15.0. The van der Waals surface area contributed by atoms with E-state index in [-0.39, 0.29) is 23.5 Å². The van der Waals surface area contributed by atoms with E-state index >= 15 is 0 Å². The van der Waals surface area contributed by atoms with Crippen LogP contribution < -0.4 is 9.62 Å². The molecule has 1 unspecified atom stereocenters. The fourth-order valence-electron chi connectivity index (χ4n) is 5.09. The molecule has 1 N–H and O–H groups in total. The molecular formula is C36H38Cl3N3O4S. The van der Waals surface area contributed by atoms with Crippen LogP contribution in [0, 0.1) is 13.8 Å². The number of amides is 2. The van der Waals surface area contributed by atoms with Crippen molar-refractivity contribution in [2.24, 2.45) is 0 Å². The third-order valence-corrected chi connectivity index (χ3v) is 10.0. The van der Waals surface area contributed by atoms with Crippen LogP contribution in [0.5, 0.6) is 0 Å². The summed E-state index contributed by atoms with van der Waals surface area (Å²) in [6.45, 7) is 8.46. The third kappa shape index (κ3) is 9.51. The lowest BCUT2D eigenvalue weighted by molar-refractivity contribution is -0.140. The van der Waals surface area contributed by atoms with Crippen LogP contribution in [0.4, 0.5) is 5.69 Å². The highest BCUT2D eigenvalue weighted by atomic mass is 35.5. The van der Waals surface area contributed by atoms with Gasteiger partial charge in [-0.25, -0.2) is 8.42 Å². The number of benzene rings is 4. The summed E-state index contributed by atoms with van der Waals surface area (Å²) in [5, 5.41) is 4.16. The summed E-state index contributed by atoms with van der Waals surface area (Å²) in [5.41, 5.74) is 2.47. The van der Waals surface area contributed by atoms with Gasteiger partial charge in [-0.15, -0.1) is 0 Å². The molecule has 4 aromatic rings. The number of anilines is 1. The average molecular weight is 715 g/mol. The van der Waals surface area contributed by atoms with Gasteiger partial charge in [0.1, 0.15) is 12.6 Å². The average Bonchev–Trinajstić information content (AvgIpc) is 2.98. The molecule has 4 rings (SSSR count). The van der Waals surface area contributed by atoms with Gasteiger partial charge in [-0.2, -0.15) is 0 Å². The third-order valence-electron chi connectivity index (χ3n) is 7.44. The highest BCUT2D eigenvalue weighted by Crippen LogP contribution is 2.30. The van der Waals surface area contributed by atoms with E-state index in [9.17, 15) is 18.0 Å². The molecule has 0 aromatic heterocycles. The number of halogens is 3. The Labute approximate surface area is 292 Å². The van der Waals surface area contributed by atoms with Crippen molar-refractivity contribution in [2.45, 2.75) is 64.1 Å². The molecule has 4 aromatic carbocycles. The van der Waals surface area contributed by atoms with Gasteiger partial charge in [-0.3, -0.25) is 13.9 Å². The van der Waals surface area contributed by atoms with E-state index in [1.807, 2.05) is 58.0 Å². The highest BCUT2D eigenvalue weighted by molar-refractivity contribution is 7.92. The van der Waals surface area contributed by atoms with Gasteiger partial charge in [0.05, 0.1) is 10.6 Å². The number of rotatable bonds is 11. The molecule has 47 heavy (non-hydrogen) atoms. The van der Waals surface area contributed by atoms with Crippen molar-refractivity contribution < 1.29 is 18.0 Å². The Kier molecular flexibility index (Phi) is 11.7. The minimum atomic E-state index is -4.26. The second-order valence-corrected chi connectivity index (χ2v) is 15.6. The molecule has 0 saturated carbocycles. The maximum Gasteiger partial charge on any atom is 0.264 e. The Hall–Kier alpha value is -3.56. The number of hydrogen-bond acceptors (Lipinski definition) is 4. The zero-order chi connectivity index (χ0) is 34.5. The summed E-state index contributed by atoms with van der Waals surface area (Å²) in [4.78, 5) is 30.1. The number of carbonyl (C=O) groups excluding carboxylic acids is 2. The maximum atomic E-state index is 14.7. The number of aryl methyl sites for hydroxylation is 2.